The van der Waals surface area contributed by atoms with Gasteiger partial charge in [0.05, 0.1) is 12.2 Å². The fourth-order valence-corrected chi connectivity index (χ4v) is 4.51. The molecule has 0 aliphatic carbocycles. The number of hydrogen-bond donors (Lipinski definition) is 1. The molecule has 0 spiro atoms. The lowest BCUT2D eigenvalue weighted by atomic mass is 10.0. The quantitative estimate of drug-likeness (QED) is 0.432. The van der Waals surface area contributed by atoms with Crippen LogP contribution in [0.15, 0.2) is 54.7 Å². The Morgan fingerprint density at radius 3 is 2.74 bits per heavy atom. The van der Waals surface area contributed by atoms with Crippen LogP contribution in [0.4, 0.5) is 14.6 Å². The van der Waals surface area contributed by atoms with Crippen molar-refractivity contribution in [2.24, 2.45) is 0 Å². The van der Waals surface area contributed by atoms with Gasteiger partial charge in [0, 0.05) is 31.5 Å². The van der Waals surface area contributed by atoms with Crippen molar-refractivity contribution < 1.29 is 13.5 Å². The lowest BCUT2D eigenvalue weighted by molar-refractivity contribution is 0.112. The third-order valence-corrected chi connectivity index (χ3v) is 6.32. The number of rotatable bonds is 7. The zero-order valence-corrected chi connectivity index (χ0v) is 19.2. The summed E-state index contributed by atoms with van der Waals surface area (Å²) in [5.74, 6) is -1.70. The average Bonchev–Trinajstić information content (AvgIpc) is 3.52. The molecule has 10 heteroatoms. The van der Waals surface area contributed by atoms with Crippen molar-refractivity contribution in [2.75, 3.05) is 26.0 Å². The number of nitrogen functional groups attached to an aromatic ring is 1. The van der Waals surface area contributed by atoms with Crippen LogP contribution < -0.4 is 5.73 Å². The normalized spacial score (nSPS) is 16.1. The average molecular weight is 478 g/mol. The first-order valence-electron chi connectivity index (χ1n) is 11.4. The number of nitrogens with zero attached hydrogens (tertiary/aromatic N) is 6. The molecule has 1 aliphatic heterocycles. The number of benzene rings is 2. The third-order valence-electron chi connectivity index (χ3n) is 6.32. The maximum atomic E-state index is 14.4. The number of ether oxygens (including phenoxy) is 1. The molecule has 8 nitrogen and oxygen atoms in total. The van der Waals surface area contributed by atoms with E-state index < -0.39 is 11.6 Å². The number of nitrogens with two attached hydrogens (primary N) is 1. The van der Waals surface area contributed by atoms with Crippen molar-refractivity contribution in [1.29, 1.82) is 0 Å². The highest BCUT2D eigenvalue weighted by atomic mass is 19.2. The van der Waals surface area contributed by atoms with Gasteiger partial charge in [-0.2, -0.15) is 4.68 Å². The minimum Gasteiger partial charge on any atom is -0.383 e. The SMILES string of the molecule is COC[C@H]1CCCN1Cc1ccc(-c2cnc(N)c(-c3nnnn3-c3cccc(F)c3F)c2)cc1. The van der Waals surface area contributed by atoms with Crippen molar-refractivity contribution >= 4 is 5.82 Å². The standard InChI is InChI=1S/C25H25F2N7O/c1-35-15-19-4-3-11-33(19)14-16-7-9-17(10-8-16)18-12-20(24(28)29-13-18)25-30-31-32-34(25)22-6-2-5-21(26)23(22)27/h2,5-10,12-13,19H,3-4,11,14-15H2,1H3,(H2,28,29)/t19-/m1/s1. The van der Waals surface area contributed by atoms with E-state index in [2.05, 4.69) is 37.5 Å². The van der Waals surface area contributed by atoms with Crippen molar-refractivity contribution in [3.8, 4) is 28.2 Å². The van der Waals surface area contributed by atoms with Crippen molar-refractivity contribution in [3.63, 3.8) is 0 Å². The van der Waals surface area contributed by atoms with Crippen LogP contribution in [-0.2, 0) is 11.3 Å². The second kappa shape index (κ2) is 9.85. The van der Waals surface area contributed by atoms with Crippen LogP contribution in [0, 0.1) is 11.6 Å². The van der Waals surface area contributed by atoms with Crippen LogP contribution in [0.3, 0.4) is 0 Å². The summed E-state index contributed by atoms with van der Waals surface area (Å²) in [7, 11) is 1.74. The molecule has 1 aliphatic rings. The van der Waals surface area contributed by atoms with E-state index in [1.165, 1.54) is 24.1 Å². The van der Waals surface area contributed by atoms with E-state index in [4.69, 9.17) is 10.5 Å². The van der Waals surface area contributed by atoms with Gasteiger partial charge in [0.1, 0.15) is 11.5 Å². The molecular formula is C25H25F2N7O. The second-order valence-electron chi connectivity index (χ2n) is 8.56. The van der Waals surface area contributed by atoms with Gasteiger partial charge in [0.15, 0.2) is 17.5 Å². The van der Waals surface area contributed by atoms with Crippen molar-refractivity contribution in [2.45, 2.75) is 25.4 Å². The molecule has 0 amide bonds. The van der Waals surface area contributed by atoms with Gasteiger partial charge in [-0.1, -0.05) is 30.3 Å². The number of hydrogen-bond acceptors (Lipinski definition) is 7. The summed E-state index contributed by atoms with van der Waals surface area (Å²) < 4.78 is 34.7. The van der Waals surface area contributed by atoms with Gasteiger partial charge in [0.2, 0.25) is 0 Å². The molecule has 1 fully saturated rings. The van der Waals surface area contributed by atoms with Crippen molar-refractivity contribution in [3.05, 3.63) is 71.9 Å². The second-order valence-corrected chi connectivity index (χ2v) is 8.56. The summed E-state index contributed by atoms with van der Waals surface area (Å²) >= 11 is 0. The molecule has 5 rings (SSSR count). The molecule has 3 heterocycles. The van der Waals surface area contributed by atoms with Crippen LogP contribution in [0.25, 0.3) is 28.2 Å². The molecule has 2 aromatic heterocycles. The number of likely N-dealkylation sites (tertiary alicyclic amines) is 1. The fourth-order valence-electron chi connectivity index (χ4n) is 4.51. The summed E-state index contributed by atoms with van der Waals surface area (Å²) in [6, 6.07) is 14.3. The molecule has 4 aromatic rings. The van der Waals surface area contributed by atoms with Gasteiger partial charge < -0.3 is 10.5 Å². The molecule has 2 aromatic carbocycles. The fraction of sp³-hybridized carbons (Fsp3) is 0.280. The first-order valence-corrected chi connectivity index (χ1v) is 11.4. The first-order chi connectivity index (χ1) is 17.0. The summed E-state index contributed by atoms with van der Waals surface area (Å²) in [5, 5.41) is 11.5. The zero-order valence-electron chi connectivity index (χ0n) is 19.2. The van der Waals surface area contributed by atoms with Crippen LogP contribution in [0.5, 0.6) is 0 Å². The molecule has 0 bridgehead atoms. The molecule has 0 saturated carbocycles. The zero-order chi connectivity index (χ0) is 24.4. The van der Waals surface area contributed by atoms with Crippen molar-refractivity contribution in [1.82, 2.24) is 30.1 Å². The Balaban J connectivity index is 1.42. The van der Waals surface area contributed by atoms with E-state index in [1.807, 2.05) is 12.1 Å². The van der Waals surface area contributed by atoms with Gasteiger partial charge in [0.25, 0.3) is 0 Å². The van der Waals surface area contributed by atoms with E-state index in [0.717, 1.165) is 48.0 Å². The largest absolute Gasteiger partial charge is 0.383 e. The Hall–Kier alpha value is -3.76. The Morgan fingerprint density at radius 1 is 1.11 bits per heavy atom. The molecule has 1 saturated heterocycles. The van der Waals surface area contributed by atoms with E-state index in [-0.39, 0.29) is 17.3 Å². The molecule has 2 N–H and O–H groups in total. The Kier molecular flexibility index (Phi) is 6.47. The smallest absolute Gasteiger partial charge is 0.190 e. The molecule has 0 unspecified atom stereocenters. The Morgan fingerprint density at radius 2 is 1.94 bits per heavy atom. The molecule has 0 radical (unpaired) electrons. The highest BCUT2D eigenvalue weighted by molar-refractivity contribution is 5.76. The number of tetrazole rings is 1. The molecule has 1 atom stereocenters. The molecule has 180 valence electrons. The number of anilines is 1. The highest BCUT2D eigenvalue weighted by Gasteiger charge is 2.24. The van der Waals surface area contributed by atoms with Gasteiger partial charge >= 0.3 is 0 Å². The number of pyridine rings is 1. The number of halogens is 2. The molecular weight excluding hydrogens is 452 g/mol. The van der Waals surface area contributed by atoms with Crippen LogP contribution in [-0.4, -0.2) is 56.4 Å². The maximum Gasteiger partial charge on any atom is 0.190 e. The minimum absolute atomic E-state index is 0.118. The predicted octanol–water partition coefficient (Wildman–Crippen LogP) is 3.86. The first kappa shape index (κ1) is 23.0. The van der Waals surface area contributed by atoms with E-state index in [9.17, 15) is 8.78 Å². The summed E-state index contributed by atoms with van der Waals surface area (Å²) in [4.78, 5) is 6.75. The predicted molar refractivity (Wildman–Crippen MR) is 127 cm³/mol. The lowest BCUT2D eigenvalue weighted by Crippen LogP contribution is -2.32. The maximum absolute atomic E-state index is 14.4. The van der Waals surface area contributed by atoms with Crippen LogP contribution in [0.1, 0.15) is 18.4 Å². The monoisotopic (exact) mass is 477 g/mol. The lowest BCUT2D eigenvalue weighted by Gasteiger charge is -2.23. The third kappa shape index (κ3) is 4.62. The highest BCUT2D eigenvalue weighted by Crippen LogP contribution is 2.30. The van der Waals surface area contributed by atoms with E-state index in [0.29, 0.717) is 11.6 Å². The Labute approximate surface area is 201 Å². The minimum atomic E-state index is -1.05. The van der Waals surface area contributed by atoms with Gasteiger partial charge in [-0.3, -0.25) is 4.90 Å². The van der Waals surface area contributed by atoms with E-state index >= 15 is 0 Å². The topological polar surface area (TPSA) is 95.0 Å². The van der Waals surface area contributed by atoms with E-state index in [1.54, 1.807) is 19.4 Å². The van der Waals surface area contributed by atoms with Gasteiger partial charge in [-0.15, -0.1) is 5.10 Å². The number of aromatic nitrogens is 5. The summed E-state index contributed by atoms with van der Waals surface area (Å²) in [6.45, 7) is 2.69. The number of methoxy groups -OCH3 is 1. The van der Waals surface area contributed by atoms with Gasteiger partial charge in [-0.05, 0) is 59.1 Å². The molecule has 35 heavy (non-hydrogen) atoms. The summed E-state index contributed by atoms with van der Waals surface area (Å²) in [6.07, 6.45) is 4.01. The Bertz CT molecular complexity index is 1330. The van der Waals surface area contributed by atoms with Crippen LogP contribution in [0.2, 0.25) is 0 Å². The van der Waals surface area contributed by atoms with Crippen LogP contribution >= 0.6 is 0 Å². The summed E-state index contributed by atoms with van der Waals surface area (Å²) in [5.41, 5.74) is 9.37. The van der Waals surface area contributed by atoms with Gasteiger partial charge in [-0.25, -0.2) is 13.8 Å².